The van der Waals surface area contributed by atoms with E-state index in [4.69, 9.17) is 4.74 Å². The molecule has 6 nitrogen and oxygen atoms in total. The van der Waals surface area contributed by atoms with Crippen LogP contribution in [0.1, 0.15) is 48.9 Å². The third kappa shape index (κ3) is 5.98. The van der Waals surface area contributed by atoms with Crippen LogP contribution < -0.4 is 0 Å². The largest absolute Gasteiger partial charge is 0.452 e. The predicted octanol–water partition coefficient (Wildman–Crippen LogP) is 2.92. The number of thioether (sulfide) groups is 1. The number of benzene rings is 1. The van der Waals surface area contributed by atoms with E-state index in [1.807, 2.05) is 6.07 Å². The van der Waals surface area contributed by atoms with Gasteiger partial charge in [0.1, 0.15) is 0 Å². The van der Waals surface area contributed by atoms with Crippen LogP contribution in [0.25, 0.3) is 0 Å². The van der Waals surface area contributed by atoms with Crippen LogP contribution in [-0.2, 0) is 19.4 Å². The van der Waals surface area contributed by atoms with E-state index in [0.717, 1.165) is 38.8 Å². The number of amides is 1. The topological polar surface area (TPSA) is 80.8 Å². The predicted molar refractivity (Wildman–Crippen MR) is 109 cm³/mol. The van der Waals surface area contributed by atoms with Crippen molar-refractivity contribution in [2.24, 2.45) is 0 Å². The number of sulfone groups is 1. The van der Waals surface area contributed by atoms with Gasteiger partial charge < -0.3 is 9.64 Å². The number of carbonyl (C=O) groups excluding carboxylic acids is 2. The molecular weight excluding hydrogens is 398 g/mol. The van der Waals surface area contributed by atoms with Crippen molar-refractivity contribution in [2.45, 2.75) is 48.7 Å². The number of ether oxygens (including phenoxy) is 1. The van der Waals surface area contributed by atoms with E-state index >= 15 is 0 Å². The number of likely N-dealkylation sites (tertiary alicyclic amines) is 1. The van der Waals surface area contributed by atoms with Crippen molar-refractivity contribution in [1.82, 2.24) is 4.90 Å². The molecule has 2 aliphatic heterocycles. The van der Waals surface area contributed by atoms with Gasteiger partial charge in [-0.3, -0.25) is 4.79 Å². The highest BCUT2D eigenvalue weighted by molar-refractivity contribution is 8.02. The summed E-state index contributed by atoms with van der Waals surface area (Å²) in [5.74, 6) is -0.359. The molecule has 8 heteroatoms. The molecule has 2 saturated heterocycles. The molecule has 1 aromatic carbocycles. The fourth-order valence-corrected chi connectivity index (χ4v) is 7.18. The third-order valence-corrected chi connectivity index (χ3v) is 8.45. The highest BCUT2D eigenvalue weighted by Crippen LogP contribution is 2.33. The maximum Gasteiger partial charge on any atom is 0.339 e. The third-order valence-electron chi connectivity index (χ3n) is 5.13. The molecule has 0 N–H and O–H groups in total. The van der Waals surface area contributed by atoms with E-state index in [9.17, 15) is 18.0 Å². The van der Waals surface area contributed by atoms with E-state index in [-0.39, 0.29) is 29.3 Å². The molecule has 2 fully saturated rings. The van der Waals surface area contributed by atoms with Gasteiger partial charge in [-0.1, -0.05) is 31.4 Å². The molecule has 3 rings (SSSR count). The summed E-state index contributed by atoms with van der Waals surface area (Å²) in [7, 11) is -2.98. The number of hydrogen-bond acceptors (Lipinski definition) is 6. The molecule has 0 spiro atoms. The van der Waals surface area contributed by atoms with Gasteiger partial charge in [-0.2, -0.15) is 0 Å². The number of esters is 1. The molecule has 28 heavy (non-hydrogen) atoms. The standard InChI is InChI=1S/C20H27NO5S2/c22-19(21-11-6-2-1-3-7-12-21)14-26-20(23)17-8-4-5-9-18(17)27-16-10-13-28(24,25)15-16/h4-5,8-9,16H,1-3,6-7,10-15H2/t16-/m1/s1. The lowest BCUT2D eigenvalue weighted by molar-refractivity contribution is -0.134. The summed E-state index contributed by atoms with van der Waals surface area (Å²) in [5, 5.41) is -0.0541. The van der Waals surface area contributed by atoms with Gasteiger partial charge in [-0.25, -0.2) is 13.2 Å². The quantitative estimate of drug-likeness (QED) is 0.675. The molecule has 0 aliphatic carbocycles. The van der Waals surface area contributed by atoms with Crippen molar-refractivity contribution in [3.05, 3.63) is 29.8 Å². The molecule has 0 unspecified atom stereocenters. The molecule has 1 atom stereocenters. The summed E-state index contributed by atoms with van der Waals surface area (Å²) in [6.07, 6.45) is 6.04. The van der Waals surface area contributed by atoms with Gasteiger partial charge in [0.05, 0.1) is 17.1 Å². The minimum absolute atomic E-state index is 0.0541. The molecule has 0 aromatic heterocycles. The SMILES string of the molecule is O=C(OCC(=O)N1CCCCCCC1)c1ccccc1S[C@@H]1CCS(=O)(=O)C1. The Hall–Kier alpha value is -1.54. The normalized spacial score (nSPS) is 22.3. The zero-order valence-electron chi connectivity index (χ0n) is 16.0. The number of carbonyl (C=O) groups is 2. The van der Waals surface area contributed by atoms with Gasteiger partial charge in [0.25, 0.3) is 5.91 Å². The summed E-state index contributed by atoms with van der Waals surface area (Å²) >= 11 is 1.40. The highest BCUT2D eigenvalue weighted by Gasteiger charge is 2.29. The average molecular weight is 426 g/mol. The van der Waals surface area contributed by atoms with Crippen molar-refractivity contribution in [3.8, 4) is 0 Å². The van der Waals surface area contributed by atoms with Gasteiger partial charge in [-0.05, 0) is 31.4 Å². The lowest BCUT2D eigenvalue weighted by atomic mass is 10.1. The molecule has 1 aromatic rings. The van der Waals surface area contributed by atoms with E-state index < -0.39 is 15.8 Å². The van der Waals surface area contributed by atoms with Crippen LogP contribution in [0.15, 0.2) is 29.2 Å². The first-order chi connectivity index (χ1) is 13.4. The van der Waals surface area contributed by atoms with Crippen LogP contribution in [0.2, 0.25) is 0 Å². The molecule has 2 heterocycles. The lowest BCUT2D eigenvalue weighted by Crippen LogP contribution is -2.37. The van der Waals surface area contributed by atoms with Crippen LogP contribution in [-0.4, -0.2) is 61.6 Å². The second-order valence-electron chi connectivity index (χ2n) is 7.36. The summed E-state index contributed by atoms with van der Waals surface area (Å²) in [5.41, 5.74) is 0.386. The van der Waals surface area contributed by atoms with Crippen molar-refractivity contribution in [3.63, 3.8) is 0 Å². The van der Waals surface area contributed by atoms with Crippen LogP contribution in [0, 0.1) is 0 Å². The van der Waals surface area contributed by atoms with Crippen LogP contribution >= 0.6 is 11.8 Å². The Morgan fingerprint density at radius 3 is 2.43 bits per heavy atom. The second kappa shape index (κ2) is 9.78. The van der Waals surface area contributed by atoms with Crippen molar-refractivity contribution in [1.29, 1.82) is 0 Å². The Bertz CT molecular complexity index is 801. The van der Waals surface area contributed by atoms with E-state index in [0.29, 0.717) is 16.9 Å². The zero-order valence-corrected chi connectivity index (χ0v) is 17.6. The Morgan fingerprint density at radius 2 is 1.75 bits per heavy atom. The number of hydrogen-bond donors (Lipinski definition) is 0. The van der Waals surface area contributed by atoms with Crippen molar-refractivity contribution in [2.75, 3.05) is 31.2 Å². The van der Waals surface area contributed by atoms with Gasteiger partial charge >= 0.3 is 5.97 Å². The smallest absolute Gasteiger partial charge is 0.339 e. The Labute approximate surface area is 170 Å². The lowest BCUT2D eigenvalue weighted by Gasteiger charge is -2.24. The monoisotopic (exact) mass is 425 g/mol. The van der Waals surface area contributed by atoms with Crippen molar-refractivity contribution >= 4 is 33.5 Å². The van der Waals surface area contributed by atoms with E-state index in [1.54, 1.807) is 23.1 Å². The maximum atomic E-state index is 12.6. The first-order valence-electron chi connectivity index (χ1n) is 9.86. The van der Waals surface area contributed by atoms with Gasteiger partial charge in [-0.15, -0.1) is 11.8 Å². The molecule has 0 radical (unpaired) electrons. The minimum atomic E-state index is -2.98. The first-order valence-corrected chi connectivity index (χ1v) is 12.6. The summed E-state index contributed by atoms with van der Waals surface area (Å²) in [4.78, 5) is 27.5. The average Bonchev–Trinajstić information content (AvgIpc) is 2.98. The second-order valence-corrected chi connectivity index (χ2v) is 10.9. The van der Waals surface area contributed by atoms with Crippen LogP contribution in [0.3, 0.4) is 0 Å². The molecule has 0 saturated carbocycles. The molecule has 154 valence electrons. The number of rotatable bonds is 5. The molecule has 1 amide bonds. The molecular formula is C20H27NO5S2. The van der Waals surface area contributed by atoms with E-state index in [2.05, 4.69) is 0 Å². The summed E-state index contributed by atoms with van der Waals surface area (Å²) in [6, 6.07) is 7.01. The van der Waals surface area contributed by atoms with E-state index in [1.165, 1.54) is 18.2 Å². The molecule has 2 aliphatic rings. The van der Waals surface area contributed by atoms with Crippen LogP contribution in [0.5, 0.6) is 0 Å². The number of nitrogens with zero attached hydrogens (tertiary/aromatic N) is 1. The maximum absolute atomic E-state index is 12.6. The summed E-state index contributed by atoms with van der Waals surface area (Å²) < 4.78 is 28.7. The minimum Gasteiger partial charge on any atom is -0.452 e. The molecule has 0 bridgehead atoms. The Balaban J connectivity index is 1.57. The Morgan fingerprint density at radius 1 is 1.07 bits per heavy atom. The van der Waals surface area contributed by atoms with Gasteiger partial charge in [0, 0.05) is 23.2 Å². The Kier molecular flexibility index (Phi) is 7.40. The first kappa shape index (κ1) is 21.2. The van der Waals surface area contributed by atoms with Crippen molar-refractivity contribution < 1.29 is 22.7 Å². The fraction of sp³-hybridized carbons (Fsp3) is 0.600. The zero-order chi connectivity index (χ0) is 20.0. The van der Waals surface area contributed by atoms with Crippen LogP contribution in [0.4, 0.5) is 0 Å². The van der Waals surface area contributed by atoms with Gasteiger partial charge in [0.2, 0.25) is 0 Å². The highest BCUT2D eigenvalue weighted by atomic mass is 32.2. The van der Waals surface area contributed by atoms with Gasteiger partial charge in [0.15, 0.2) is 16.4 Å². The summed E-state index contributed by atoms with van der Waals surface area (Å²) in [6.45, 7) is 1.19. The fourth-order valence-electron chi connectivity index (χ4n) is 3.56.